The van der Waals surface area contributed by atoms with Crippen molar-refractivity contribution in [3.05, 3.63) is 41.1 Å². The third-order valence-electron chi connectivity index (χ3n) is 4.58. The number of aryl methyl sites for hydroxylation is 1. The van der Waals surface area contributed by atoms with Crippen molar-refractivity contribution >= 4 is 28.7 Å². The lowest BCUT2D eigenvalue weighted by Crippen LogP contribution is -2.46. The second-order valence-corrected chi connectivity index (χ2v) is 6.54. The number of rotatable bonds is 6. The molecule has 0 saturated heterocycles. The molecule has 1 aromatic carbocycles. The van der Waals surface area contributed by atoms with Gasteiger partial charge in [0, 0.05) is 17.6 Å². The molecule has 1 atom stereocenters. The number of aromatic nitrogens is 1. The van der Waals surface area contributed by atoms with Crippen molar-refractivity contribution in [2.24, 2.45) is 0 Å². The number of benzene rings is 1. The first-order chi connectivity index (χ1) is 13.0. The number of nitrogens with one attached hydrogen (secondary N) is 2. The molecule has 2 amide bonds. The number of hydrogen-bond acceptors (Lipinski definition) is 5. The minimum Gasteiger partial charge on any atom is -0.452 e. The second kappa shape index (κ2) is 8.16. The van der Waals surface area contributed by atoms with Crippen molar-refractivity contribution in [3.63, 3.8) is 0 Å². The number of nitrogens with zero attached hydrogens (tertiary/aromatic N) is 1. The van der Waals surface area contributed by atoms with Crippen LogP contribution in [0.5, 0.6) is 0 Å². The Morgan fingerprint density at radius 2 is 2.00 bits per heavy atom. The van der Waals surface area contributed by atoms with Gasteiger partial charge in [-0.2, -0.15) is 0 Å². The quantitative estimate of drug-likeness (QED) is 0.753. The molecule has 0 unspecified atom stereocenters. The Kier molecular flexibility index (Phi) is 5.69. The monoisotopic (exact) mass is 369 g/mol. The van der Waals surface area contributed by atoms with Crippen molar-refractivity contribution in [2.75, 3.05) is 13.2 Å². The number of carbonyl (C=O) groups is 3. The van der Waals surface area contributed by atoms with E-state index in [-0.39, 0.29) is 5.91 Å². The molecule has 142 valence electrons. The Balaban J connectivity index is 1.72. The Hall–Kier alpha value is -2.96. The van der Waals surface area contributed by atoms with E-state index in [0.717, 1.165) is 41.4 Å². The van der Waals surface area contributed by atoms with Crippen molar-refractivity contribution in [1.29, 1.82) is 0 Å². The number of hydrogen-bond donors (Lipinski definition) is 2. The lowest BCUT2D eigenvalue weighted by molar-refractivity contribution is -0.130. The van der Waals surface area contributed by atoms with Gasteiger partial charge in [0.05, 0.1) is 11.1 Å². The highest BCUT2D eigenvalue weighted by Gasteiger charge is 2.25. The lowest BCUT2D eigenvalue weighted by Gasteiger charge is -2.14. The number of amides is 2. The van der Waals surface area contributed by atoms with Crippen LogP contribution in [-0.4, -0.2) is 42.0 Å². The van der Waals surface area contributed by atoms with E-state index in [1.165, 1.54) is 0 Å². The largest absolute Gasteiger partial charge is 0.452 e. The smallest absolute Gasteiger partial charge is 0.339 e. The maximum atomic E-state index is 12.7. The molecule has 2 N–H and O–H groups in total. The molecule has 27 heavy (non-hydrogen) atoms. The summed E-state index contributed by atoms with van der Waals surface area (Å²) < 4.78 is 5.25. The maximum Gasteiger partial charge on any atom is 0.339 e. The Bertz CT molecular complexity index is 894. The van der Waals surface area contributed by atoms with E-state index in [1.807, 2.05) is 24.3 Å². The summed E-state index contributed by atoms with van der Waals surface area (Å²) in [4.78, 5) is 41.1. The van der Waals surface area contributed by atoms with Crippen molar-refractivity contribution in [3.8, 4) is 0 Å². The minimum atomic E-state index is -0.692. The summed E-state index contributed by atoms with van der Waals surface area (Å²) in [5.41, 5.74) is 3.09. The molecule has 0 fully saturated rings. The van der Waals surface area contributed by atoms with E-state index in [2.05, 4.69) is 15.6 Å². The van der Waals surface area contributed by atoms with Crippen molar-refractivity contribution in [1.82, 2.24) is 15.6 Å². The molecule has 1 aliphatic carbocycles. The van der Waals surface area contributed by atoms with Crippen LogP contribution in [0, 0.1) is 0 Å². The summed E-state index contributed by atoms with van der Waals surface area (Å²) in [7, 11) is 0. The third-order valence-corrected chi connectivity index (χ3v) is 4.58. The summed E-state index contributed by atoms with van der Waals surface area (Å²) in [6.45, 7) is 3.42. The van der Waals surface area contributed by atoms with Crippen LogP contribution in [0.3, 0.4) is 0 Å². The molecule has 0 spiro atoms. The Labute approximate surface area is 157 Å². The number of pyridine rings is 1. The van der Waals surface area contributed by atoms with Gasteiger partial charge in [0.25, 0.3) is 5.91 Å². The van der Waals surface area contributed by atoms with E-state index in [1.54, 1.807) is 13.8 Å². The van der Waals surface area contributed by atoms with Crippen LogP contribution < -0.4 is 10.6 Å². The first-order valence-corrected chi connectivity index (χ1v) is 9.16. The van der Waals surface area contributed by atoms with Crippen LogP contribution in [0.2, 0.25) is 0 Å². The fourth-order valence-corrected chi connectivity index (χ4v) is 3.32. The summed E-state index contributed by atoms with van der Waals surface area (Å²) in [6.07, 6.45) is 2.56. The first kappa shape index (κ1) is 18.8. The highest BCUT2D eigenvalue weighted by Crippen LogP contribution is 2.30. The zero-order valence-corrected chi connectivity index (χ0v) is 15.5. The van der Waals surface area contributed by atoms with Gasteiger partial charge < -0.3 is 15.4 Å². The maximum absolute atomic E-state index is 12.7. The minimum absolute atomic E-state index is 0.282. The fourth-order valence-electron chi connectivity index (χ4n) is 3.32. The molecule has 1 aromatic heterocycles. The first-order valence-electron chi connectivity index (χ1n) is 9.16. The molecular formula is C20H23N3O4. The highest BCUT2D eigenvalue weighted by molar-refractivity contribution is 6.05. The fraction of sp³-hybridized carbons (Fsp3) is 0.400. The van der Waals surface area contributed by atoms with E-state index in [0.29, 0.717) is 12.1 Å². The Morgan fingerprint density at radius 3 is 2.78 bits per heavy atom. The van der Waals surface area contributed by atoms with Crippen LogP contribution in [-0.2, 0) is 27.2 Å². The number of esters is 1. The predicted octanol–water partition coefficient (Wildman–Crippen LogP) is 1.52. The second-order valence-electron chi connectivity index (χ2n) is 6.54. The zero-order chi connectivity index (χ0) is 19.4. The van der Waals surface area contributed by atoms with Crippen LogP contribution >= 0.6 is 0 Å². The molecule has 1 aliphatic rings. The topological polar surface area (TPSA) is 97.4 Å². The van der Waals surface area contributed by atoms with Gasteiger partial charge in [-0.3, -0.25) is 14.6 Å². The normalized spacial score (nSPS) is 13.7. The summed E-state index contributed by atoms with van der Waals surface area (Å²) >= 11 is 0. The van der Waals surface area contributed by atoms with Crippen LogP contribution in [0.4, 0.5) is 0 Å². The van der Waals surface area contributed by atoms with E-state index in [9.17, 15) is 14.4 Å². The van der Waals surface area contributed by atoms with Gasteiger partial charge in [0.2, 0.25) is 5.91 Å². The van der Waals surface area contributed by atoms with Gasteiger partial charge >= 0.3 is 5.97 Å². The van der Waals surface area contributed by atoms with Gasteiger partial charge in [0.1, 0.15) is 6.04 Å². The Morgan fingerprint density at radius 1 is 1.22 bits per heavy atom. The average molecular weight is 369 g/mol. The van der Waals surface area contributed by atoms with Gasteiger partial charge in [-0.25, -0.2) is 4.79 Å². The number of ether oxygens (including phenoxy) is 1. The summed E-state index contributed by atoms with van der Waals surface area (Å²) in [5, 5.41) is 5.88. The van der Waals surface area contributed by atoms with Crippen LogP contribution in [0.25, 0.3) is 10.9 Å². The van der Waals surface area contributed by atoms with Crippen molar-refractivity contribution < 1.29 is 19.1 Å². The molecule has 0 aliphatic heterocycles. The van der Waals surface area contributed by atoms with Gasteiger partial charge in [-0.15, -0.1) is 0 Å². The predicted molar refractivity (Wildman–Crippen MR) is 100 cm³/mol. The molecule has 0 saturated carbocycles. The lowest BCUT2D eigenvalue weighted by atomic mass is 10.0. The number of fused-ring (bicyclic) bond motifs is 2. The number of para-hydroxylation sites is 1. The summed E-state index contributed by atoms with van der Waals surface area (Å²) in [6, 6.07) is 6.74. The molecule has 1 heterocycles. The van der Waals surface area contributed by atoms with Crippen LogP contribution in [0.15, 0.2) is 24.3 Å². The van der Waals surface area contributed by atoms with Crippen LogP contribution in [0.1, 0.15) is 41.9 Å². The average Bonchev–Trinajstić information content (AvgIpc) is 3.12. The summed E-state index contributed by atoms with van der Waals surface area (Å²) in [5.74, 6) is -1.33. The van der Waals surface area contributed by atoms with E-state index in [4.69, 9.17) is 4.74 Å². The molecule has 0 bridgehead atoms. The molecule has 7 heteroatoms. The SMILES string of the molecule is CCNC(=O)[C@H](C)NC(=O)COC(=O)c1c2c(nc3ccccc13)CCC2. The molecular weight excluding hydrogens is 346 g/mol. The molecule has 7 nitrogen and oxygen atoms in total. The highest BCUT2D eigenvalue weighted by atomic mass is 16.5. The van der Waals surface area contributed by atoms with Gasteiger partial charge in [-0.1, -0.05) is 18.2 Å². The van der Waals surface area contributed by atoms with Gasteiger partial charge in [-0.05, 0) is 44.7 Å². The molecule has 3 rings (SSSR count). The molecule has 2 aromatic rings. The standard InChI is InChI=1S/C20H23N3O4/c1-3-21-19(25)12(2)22-17(24)11-27-20(26)18-13-7-4-5-9-15(13)23-16-10-6-8-14(16)18/h4-5,7,9,12H,3,6,8,10-11H2,1-2H3,(H,21,25)(H,22,24)/t12-/m0/s1. The third kappa shape index (κ3) is 4.07. The zero-order valence-electron chi connectivity index (χ0n) is 15.5. The number of carbonyl (C=O) groups excluding carboxylic acids is 3. The van der Waals surface area contributed by atoms with Crippen molar-refractivity contribution in [2.45, 2.75) is 39.2 Å². The molecule has 0 radical (unpaired) electrons. The van der Waals surface area contributed by atoms with Gasteiger partial charge in [0.15, 0.2) is 6.61 Å². The van der Waals surface area contributed by atoms with E-state index >= 15 is 0 Å². The van der Waals surface area contributed by atoms with E-state index < -0.39 is 24.5 Å². The number of likely N-dealkylation sites (N-methyl/N-ethyl adjacent to an activating group) is 1.